The summed E-state index contributed by atoms with van der Waals surface area (Å²) >= 11 is 0. The van der Waals surface area contributed by atoms with Gasteiger partial charge in [0.15, 0.2) is 0 Å². The second-order valence-electron chi connectivity index (χ2n) is 6.62. The van der Waals surface area contributed by atoms with Gasteiger partial charge in [-0.05, 0) is 37.5 Å². The Morgan fingerprint density at radius 3 is 2.38 bits per heavy atom. The smallest absolute Gasteiger partial charge is 0.211 e. The number of aliphatic imine (C=N–C) groups is 2. The van der Waals surface area contributed by atoms with Gasteiger partial charge in [-0.3, -0.25) is 0 Å². The van der Waals surface area contributed by atoms with Crippen molar-refractivity contribution >= 4 is 12.2 Å². The van der Waals surface area contributed by atoms with Crippen molar-refractivity contribution < 1.29 is 9.59 Å². The Kier molecular flexibility index (Phi) is 5.90. The molecule has 0 amide bonds. The summed E-state index contributed by atoms with van der Waals surface area (Å²) in [5.41, 5.74) is -0.257. The molecule has 4 heteroatoms. The fourth-order valence-corrected chi connectivity index (χ4v) is 4.74. The Bertz CT molecular complexity index is 430. The monoisotopic (exact) mass is 290 g/mol. The molecule has 0 aromatic heterocycles. The fourth-order valence-electron chi connectivity index (χ4n) is 4.74. The van der Waals surface area contributed by atoms with Gasteiger partial charge < -0.3 is 0 Å². The lowest BCUT2D eigenvalue weighted by Gasteiger charge is -2.45. The summed E-state index contributed by atoms with van der Waals surface area (Å²) in [5.74, 6) is 0.696. The quantitative estimate of drug-likeness (QED) is 0.568. The van der Waals surface area contributed by atoms with E-state index in [0.29, 0.717) is 11.8 Å². The first-order valence-corrected chi connectivity index (χ1v) is 8.43. The van der Waals surface area contributed by atoms with Crippen LogP contribution in [0.4, 0.5) is 0 Å². The molecule has 2 aliphatic rings. The number of hydrogen-bond acceptors (Lipinski definition) is 4. The molecular weight excluding hydrogens is 264 g/mol. The average molecular weight is 290 g/mol. The summed E-state index contributed by atoms with van der Waals surface area (Å²) in [4.78, 5) is 30.1. The highest BCUT2D eigenvalue weighted by atomic mass is 16.1. The lowest BCUT2D eigenvalue weighted by Crippen LogP contribution is -2.45. The van der Waals surface area contributed by atoms with E-state index in [2.05, 4.69) is 16.9 Å². The Balaban J connectivity index is 2.29. The predicted octanol–water partition coefficient (Wildman–Crippen LogP) is 3.95. The molecule has 0 saturated heterocycles. The third-order valence-corrected chi connectivity index (χ3v) is 5.63. The molecule has 0 spiro atoms. The molecule has 3 atom stereocenters. The Hall–Kier alpha value is -1.24. The average Bonchev–Trinajstić information content (AvgIpc) is 2.51. The molecule has 4 nitrogen and oxygen atoms in total. The van der Waals surface area contributed by atoms with E-state index in [0.717, 1.165) is 51.4 Å². The number of rotatable bonds is 5. The van der Waals surface area contributed by atoms with E-state index in [1.54, 1.807) is 6.08 Å². The van der Waals surface area contributed by atoms with E-state index in [1.807, 2.05) is 6.08 Å². The Morgan fingerprint density at radius 1 is 1.05 bits per heavy atom. The highest BCUT2D eigenvalue weighted by molar-refractivity contribution is 5.36. The van der Waals surface area contributed by atoms with Crippen LogP contribution in [0.1, 0.15) is 71.1 Å². The topological polar surface area (TPSA) is 58.9 Å². The molecule has 0 bridgehead atoms. The van der Waals surface area contributed by atoms with Gasteiger partial charge in [-0.1, -0.05) is 45.4 Å². The molecular formula is C17H26N2O2. The minimum absolute atomic E-state index is 0.0712. The van der Waals surface area contributed by atoms with Crippen molar-refractivity contribution in [2.24, 2.45) is 21.8 Å². The second-order valence-corrected chi connectivity index (χ2v) is 6.62. The van der Waals surface area contributed by atoms with Crippen molar-refractivity contribution in [3.05, 3.63) is 0 Å². The summed E-state index contributed by atoms with van der Waals surface area (Å²) in [6, 6.07) is 0.0712. The van der Waals surface area contributed by atoms with Crippen molar-refractivity contribution in [2.45, 2.75) is 82.7 Å². The molecule has 0 N–H and O–H groups in total. The molecule has 21 heavy (non-hydrogen) atoms. The van der Waals surface area contributed by atoms with Gasteiger partial charge in [-0.2, -0.15) is 4.99 Å². The summed E-state index contributed by atoms with van der Waals surface area (Å²) in [5, 5.41) is 0. The zero-order valence-electron chi connectivity index (χ0n) is 13.0. The van der Waals surface area contributed by atoms with Crippen molar-refractivity contribution in [2.75, 3.05) is 0 Å². The number of carbonyl (C=O) groups excluding carboxylic acids is 2. The van der Waals surface area contributed by atoms with E-state index in [-0.39, 0.29) is 11.6 Å². The van der Waals surface area contributed by atoms with Gasteiger partial charge >= 0.3 is 0 Å². The predicted molar refractivity (Wildman–Crippen MR) is 81.6 cm³/mol. The molecule has 0 heterocycles. The lowest BCUT2D eigenvalue weighted by molar-refractivity contribution is 0.0973. The minimum Gasteiger partial charge on any atom is -0.211 e. The Labute approximate surface area is 127 Å². The van der Waals surface area contributed by atoms with Crippen molar-refractivity contribution in [3.63, 3.8) is 0 Å². The summed E-state index contributed by atoms with van der Waals surface area (Å²) < 4.78 is 0. The van der Waals surface area contributed by atoms with E-state index >= 15 is 0 Å². The van der Waals surface area contributed by atoms with Crippen LogP contribution in [-0.2, 0) is 9.59 Å². The van der Waals surface area contributed by atoms with Crippen LogP contribution in [-0.4, -0.2) is 23.7 Å². The standard InChI is InChI=1S/C17H26N2O2/c1-2-15(14-8-4-5-9-16(14)18-12-20)17(19-13-21)10-6-3-7-11-17/h14-16H,2-11H2,1H3. The minimum atomic E-state index is -0.257. The van der Waals surface area contributed by atoms with Crippen molar-refractivity contribution in [1.29, 1.82) is 0 Å². The van der Waals surface area contributed by atoms with E-state index < -0.39 is 0 Å². The molecule has 2 saturated carbocycles. The first-order valence-electron chi connectivity index (χ1n) is 8.43. The molecule has 0 aromatic carbocycles. The summed E-state index contributed by atoms with van der Waals surface area (Å²) in [6.45, 7) is 2.18. The van der Waals surface area contributed by atoms with E-state index in [4.69, 9.17) is 0 Å². The largest absolute Gasteiger partial charge is 0.235 e. The van der Waals surface area contributed by atoms with Gasteiger partial charge in [0.1, 0.15) is 0 Å². The van der Waals surface area contributed by atoms with E-state index in [1.165, 1.54) is 12.8 Å². The SMILES string of the molecule is CCC(C1CCCCC1N=C=O)C1(N=C=O)CCCCC1. The normalized spacial score (nSPS) is 29.8. The first kappa shape index (κ1) is 16.1. The molecule has 0 radical (unpaired) electrons. The molecule has 2 fully saturated rings. The highest BCUT2D eigenvalue weighted by Gasteiger charge is 2.45. The maximum absolute atomic E-state index is 11.0. The van der Waals surface area contributed by atoms with Crippen LogP contribution in [0.2, 0.25) is 0 Å². The van der Waals surface area contributed by atoms with Gasteiger partial charge in [0.2, 0.25) is 12.2 Å². The zero-order chi connectivity index (χ0) is 15.1. The lowest BCUT2D eigenvalue weighted by atomic mass is 9.63. The maximum atomic E-state index is 11.0. The molecule has 2 rings (SSSR count). The maximum Gasteiger partial charge on any atom is 0.235 e. The fraction of sp³-hybridized carbons (Fsp3) is 0.882. The third-order valence-electron chi connectivity index (χ3n) is 5.63. The van der Waals surface area contributed by atoms with Crippen molar-refractivity contribution in [3.8, 4) is 0 Å². The van der Waals surface area contributed by atoms with Crippen LogP contribution in [0.15, 0.2) is 9.98 Å². The molecule has 0 aliphatic heterocycles. The van der Waals surface area contributed by atoms with Gasteiger partial charge in [0.05, 0.1) is 11.6 Å². The van der Waals surface area contributed by atoms with Crippen LogP contribution >= 0.6 is 0 Å². The van der Waals surface area contributed by atoms with Gasteiger partial charge in [-0.15, -0.1) is 0 Å². The summed E-state index contributed by atoms with van der Waals surface area (Å²) in [6.07, 6.45) is 14.4. The third kappa shape index (κ3) is 3.51. The second kappa shape index (κ2) is 7.68. The van der Waals surface area contributed by atoms with Crippen LogP contribution in [0.5, 0.6) is 0 Å². The van der Waals surface area contributed by atoms with Crippen LogP contribution < -0.4 is 0 Å². The van der Waals surface area contributed by atoms with E-state index in [9.17, 15) is 9.59 Å². The Morgan fingerprint density at radius 2 is 1.76 bits per heavy atom. The molecule has 2 aliphatic carbocycles. The van der Waals surface area contributed by atoms with Crippen LogP contribution in [0.3, 0.4) is 0 Å². The highest BCUT2D eigenvalue weighted by Crippen LogP contribution is 2.47. The number of nitrogens with zero attached hydrogens (tertiary/aromatic N) is 2. The van der Waals surface area contributed by atoms with Gasteiger partial charge in [0.25, 0.3) is 0 Å². The number of hydrogen-bond donors (Lipinski definition) is 0. The first-order chi connectivity index (χ1) is 10.3. The van der Waals surface area contributed by atoms with Crippen LogP contribution in [0.25, 0.3) is 0 Å². The molecule has 3 unspecified atom stereocenters. The van der Waals surface area contributed by atoms with Crippen molar-refractivity contribution in [1.82, 2.24) is 0 Å². The zero-order valence-corrected chi connectivity index (χ0v) is 13.0. The van der Waals surface area contributed by atoms with Crippen LogP contribution in [0, 0.1) is 11.8 Å². The molecule has 0 aromatic rings. The van der Waals surface area contributed by atoms with Gasteiger partial charge in [0, 0.05) is 0 Å². The number of isocyanates is 2. The summed E-state index contributed by atoms with van der Waals surface area (Å²) in [7, 11) is 0. The van der Waals surface area contributed by atoms with Gasteiger partial charge in [-0.25, -0.2) is 14.6 Å². The molecule has 116 valence electrons.